The summed E-state index contributed by atoms with van der Waals surface area (Å²) in [5.41, 5.74) is 0.615. The molecule has 1 aromatic rings. The fourth-order valence-electron chi connectivity index (χ4n) is 1.67. The fraction of sp³-hybridized carbons (Fsp3) is 0.438. The van der Waals surface area contributed by atoms with E-state index in [0.717, 1.165) is 0 Å². The van der Waals surface area contributed by atoms with Crippen molar-refractivity contribution < 1.29 is 24.6 Å². The summed E-state index contributed by atoms with van der Waals surface area (Å²) in [6.45, 7) is 10.5. The summed E-state index contributed by atoms with van der Waals surface area (Å²) in [6, 6.07) is 5.79. The predicted molar refractivity (Wildman–Crippen MR) is 81.1 cm³/mol. The van der Waals surface area contributed by atoms with Crippen molar-refractivity contribution >= 4 is 12.0 Å². The molecule has 21 heavy (non-hydrogen) atoms. The van der Waals surface area contributed by atoms with Crippen molar-refractivity contribution in [3.63, 3.8) is 0 Å². The molecular formula is C16H25NO4. The Kier molecular flexibility index (Phi) is 9.71. The molecule has 0 aromatic heterocycles. The van der Waals surface area contributed by atoms with Crippen LogP contribution in [0.2, 0.25) is 0 Å². The van der Waals surface area contributed by atoms with Crippen LogP contribution in [-0.2, 0) is 9.53 Å². The molecule has 0 unspecified atom stereocenters. The van der Waals surface area contributed by atoms with Crippen molar-refractivity contribution in [1.29, 1.82) is 0 Å². The van der Waals surface area contributed by atoms with E-state index in [0.29, 0.717) is 5.56 Å². The molecule has 0 atom stereocenters. The van der Waals surface area contributed by atoms with Gasteiger partial charge in [-0.1, -0.05) is 24.3 Å². The van der Waals surface area contributed by atoms with E-state index in [4.69, 9.17) is 5.11 Å². The minimum absolute atomic E-state index is 0.114. The van der Waals surface area contributed by atoms with E-state index >= 15 is 0 Å². The highest BCUT2D eigenvalue weighted by atomic mass is 16.5. The van der Waals surface area contributed by atoms with Gasteiger partial charge < -0.3 is 19.8 Å². The minimum atomic E-state index is -1.14. The van der Waals surface area contributed by atoms with Gasteiger partial charge in [0, 0.05) is 0 Å². The number of carboxylic acid groups (broad SMARTS) is 1. The van der Waals surface area contributed by atoms with Crippen LogP contribution in [-0.4, -0.2) is 37.8 Å². The summed E-state index contributed by atoms with van der Waals surface area (Å²) in [4.78, 5) is 12.2. The Morgan fingerprint density at radius 2 is 1.67 bits per heavy atom. The number of rotatable bonds is 6. The maximum Gasteiger partial charge on any atom is 0.371 e. The highest BCUT2D eigenvalue weighted by molar-refractivity contribution is 5.89. The summed E-state index contributed by atoms with van der Waals surface area (Å²) in [5, 5.41) is 19.4. The van der Waals surface area contributed by atoms with Gasteiger partial charge in [-0.25, -0.2) is 4.79 Å². The lowest BCUT2D eigenvalue weighted by atomic mass is 10.2. The van der Waals surface area contributed by atoms with E-state index in [1.54, 1.807) is 4.90 Å². The molecule has 0 radical (unpaired) electrons. The monoisotopic (exact) mass is 295 g/mol. The zero-order valence-electron chi connectivity index (χ0n) is 13.2. The molecule has 1 aromatic carbocycles. The number of carbonyl (C=O) groups is 1. The lowest BCUT2D eigenvalue weighted by Gasteiger charge is -2.10. The van der Waals surface area contributed by atoms with Crippen LogP contribution in [0, 0.1) is 0 Å². The van der Waals surface area contributed by atoms with Gasteiger partial charge in [-0.2, -0.15) is 0 Å². The molecule has 0 spiro atoms. The third-order valence-electron chi connectivity index (χ3n) is 3.11. The molecule has 0 aliphatic heterocycles. The van der Waals surface area contributed by atoms with Crippen LogP contribution >= 0.6 is 0 Å². The molecule has 5 nitrogen and oxygen atoms in total. The summed E-state index contributed by atoms with van der Waals surface area (Å²) in [5.74, 6) is -1.42. The van der Waals surface area contributed by atoms with E-state index in [1.807, 2.05) is 0 Å². The van der Waals surface area contributed by atoms with Gasteiger partial charge in [-0.05, 0) is 32.4 Å². The summed E-state index contributed by atoms with van der Waals surface area (Å²) < 4.78 is 4.63. The molecule has 0 aliphatic carbocycles. The maximum absolute atomic E-state index is 10.7. The molecule has 5 heteroatoms. The summed E-state index contributed by atoms with van der Waals surface area (Å²) in [6.07, 6.45) is 1.35. The van der Waals surface area contributed by atoms with Crippen LogP contribution in [0.15, 0.2) is 30.0 Å². The van der Waals surface area contributed by atoms with Crippen molar-refractivity contribution in [2.75, 3.05) is 26.7 Å². The number of benzene rings is 1. The minimum Gasteiger partial charge on any atom is -0.872 e. The van der Waals surface area contributed by atoms with Gasteiger partial charge in [-0.15, -0.1) is 5.75 Å². The Hall–Kier alpha value is -2.01. The van der Waals surface area contributed by atoms with E-state index in [1.165, 1.54) is 57.1 Å². The second kappa shape index (κ2) is 10.7. The van der Waals surface area contributed by atoms with Gasteiger partial charge in [0.1, 0.15) is 0 Å². The Labute approximate surface area is 126 Å². The number of ether oxygens (including phenoxy) is 1. The lowest BCUT2D eigenvalue weighted by Crippen LogP contribution is -3.11. The van der Waals surface area contributed by atoms with Gasteiger partial charge in [0.15, 0.2) is 0 Å². The normalized spacial score (nSPS) is 10.8. The molecule has 0 amide bonds. The molecule has 0 aliphatic rings. The molecule has 0 heterocycles. The van der Waals surface area contributed by atoms with E-state index in [2.05, 4.69) is 25.5 Å². The van der Waals surface area contributed by atoms with E-state index in [9.17, 15) is 9.90 Å². The standard InChI is InChI=1S/C10H10O4.C6H15N/c1-14-9(10(12)13)6-7-2-4-8(11)5-3-7;1-4-7(5-2)6-3/h2-6,11H,1H3,(H,12,13);4-6H2,1-3H3/b9-6-;. The SMILES string of the molecule is CC[NH+](CC)CC.CO/C(=C\c1ccc([O-])cc1)C(=O)O. The summed E-state index contributed by atoms with van der Waals surface area (Å²) in [7, 11) is 1.28. The Morgan fingerprint density at radius 3 is 1.95 bits per heavy atom. The smallest absolute Gasteiger partial charge is 0.371 e. The molecule has 2 N–H and O–H groups in total. The van der Waals surface area contributed by atoms with Gasteiger partial charge in [0.05, 0.1) is 26.7 Å². The molecule has 0 saturated heterocycles. The first kappa shape index (κ1) is 19.0. The van der Waals surface area contributed by atoms with E-state index in [-0.39, 0.29) is 11.5 Å². The van der Waals surface area contributed by atoms with Gasteiger partial charge >= 0.3 is 5.97 Å². The molecule has 0 bridgehead atoms. The fourth-order valence-corrected chi connectivity index (χ4v) is 1.67. The first-order valence-electron chi connectivity index (χ1n) is 7.07. The van der Waals surface area contributed by atoms with Gasteiger partial charge in [0.25, 0.3) is 0 Å². The van der Waals surface area contributed by atoms with E-state index < -0.39 is 5.97 Å². The number of carboxylic acids is 1. The maximum atomic E-state index is 10.7. The second-order valence-electron chi connectivity index (χ2n) is 4.40. The van der Waals surface area contributed by atoms with Crippen LogP contribution < -0.4 is 10.0 Å². The third kappa shape index (κ3) is 7.99. The quantitative estimate of drug-likeness (QED) is 0.600. The highest BCUT2D eigenvalue weighted by Crippen LogP contribution is 2.11. The van der Waals surface area contributed by atoms with Gasteiger partial charge in [0.2, 0.25) is 5.76 Å². The topological polar surface area (TPSA) is 74.0 Å². The average Bonchev–Trinajstić information content (AvgIpc) is 2.49. The lowest BCUT2D eigenvalue weighted by molar-refractivity contribution is -0.894. The Bertz CT molecular complexity index is 431. The number of aliphatic carboxylic acids is 1. The van der Waals surface area contributed by atoms with Crippen LogP contribution in [0.25, 0.3) is 6.08 Å². The van der Waals surface area contributed by atoms with Crippen molar-refractivity contribution in [3.05, 3.63) is 35.6 Å². The highest BCUT2D eigenvalue weighted by Gasteiger charge is 2.05. The van der Waals surface area contributed by atoms with Crippen molar-refractivity contribution in [2.45, 2.75) is 20.8 Å². The number of quaternary nitrogens is 1. The molecule has 0 saturated carbocycles. The predicted octanol–water partition coefficient (Wildman–Crippen LogP) is 0.763. The van der Waals surface area contributed by atoms with Crippen LogP contribution in [0.4, 0.5) is 0 Å². The molecule has 1 rings (SSSR count). The second-order valence-corrected chi connectivity index (χ2v) is 4.40. The van der Waals surface area contributed by atoms with Crippen LogP contribution in [0.5, 0.6) is 5.75 Å². The Balaban J connectivity index is 0.000000486. The van der Waals surface area contributed by atoms with Crippen LogP contribution in [0.3, 0.4) is 0 Å². The Morgan fingerprint density at radius 1 is 1.19 bits per heavy atom. The zero-order valence-corrected chi connectivity index (χ0v) is 13.2. The number of nitrogens with one attached hydrogen (secondary N) is 1. The van der Waals surface area contributed by atoms with Crippen LogP contribution in [0.1, 0.15) is 26.3 Å². The number of hydrogen-bond donors (Lipinski definition) is 2. The number of methoxy groups -OCH3 is 1. The van der Waals surface area contributed by atoms with Crippen molar-refractivity contribution in [1.82, 2.24) is 0 Å². The largest absolute Gasteiger partial charge is 0.872 e. The molecule has 118 valence electrons. The zero-order chi connectivity index (χ0) is 16.3. The summed E-state index contributed by atoms with van der Waals surface area (Å²) >= 11 is 0. The first-order chi connectivity index (χ1) is 9.98. The third-order valence-corrected chi connectivity index (χ3v) is 3.11. The van der Waals surface area contributed by atoms with Gasteiger partial charge in [-0.3, -0.25) is 0 Å². The first-order valence-corrected chi connectivity index (χ1v) is 7.07. The molecule has 0 fully saturated rings. The molecular weight excluding hydrogens is 270 g/mol. The number of hydrogen-bond acceptors (Lipinski definition) is 3. The van der Waals surface area contributed by atoms with Crippen molar-refractivity contribution in [3.8, 4) is 5.75 Å². The van der Waals surface area contributed by atoms with Crippen molar-refractivity contribution in [2.24, 2.45) is 0 Å². The average molecular weight is 295 g/mol.